The van der Waals surface area contributed by atoms with Crippen LogP contribution in [-0.2, 0) is 0 Å². The quantitative estimate of drug-likeness (QED) is 0.907. The van der Waals surface area contributed by atoms with Gasteiger partial charge in [0.25, 0.3) is 0 Å². The van der Waals surface area contributed by atoms with Gasteiger partial charge in [0.05, 0.1) is 4.34 Å². The van der Waals surface area contributed by atoms with E-state index >= 15 is 0 Å². The topological polar surface area (TPSA) is 15.3 Å². The van der Waals surface area contributed by atoms with Crippen LogP contribution in [0.15, 0.2) is 12.1 Å². The minimum absolute atomic E-state index is 0.506. The van der Waals surface area contributed by atoms with Crippen LogP contribution in [0.2, 0.25) is 4.34 Å². The van der Waals surface area contributed by atoms with Crippen LogP contribution in [0.4, 0.5) is 0 Å². The van der Waals surface area contributed by atoms with Gasteiger partial charge in [0.1, 0.15) is 0 Å². The van der Waals surface area contributed by atoms with E-state index in [0.717, 1.165) is 10.4 Å². The molecule has 100 valence electrons. The van der Waals surface area contributed by atoms with Crippen molar-refractivity contribution in [2.75, 3.05) is 13.1 Å². The van der Waals surface area contributed by atoms with E-state index in [1.54, 1.807) is 11.3 Å². The van der Waals surface area contributed by atoms with Crippen molar-refractivity contribution in [1.82, 2.24) is 10.2 Å². The molecule has 1 aromatic heterocycles. The van der Waals surface area contributed by atoms with Crippen molar-refractivity contribution in [2.45, 2.75) is 50.7 Å². The van der Waals surface area contributed by atoms with E-state index in [1.165, 1.54) is 43.6 Å². The van der Waals surface area contributed by atoms with Crippen molar-refractivity contribution in [3.8, 4) is 0 Å². The van der Waals surface area contributed by atoms with E-state index in [4.69, 9.17) is 11.6 Å². The first-order chi connectivity index (χ1) is 8.72. The number of nitrogens with one attached hydrogen (secondary N) is 1. The third-order valence-electron chi connectivity index (χ3n) is 4.06. The highest BCUT2D eigenvalue weighted by atomic mass is 35.5. The Kier molecular flexibility index (Phi) is 3.94. The maximum atomic E-state index is 6.04. The number of halogens is 1. The van der Waals surface area contributed by atoms with E-state index in [-0.39, 0.29) is 0 Å². The highest BCUT2D eigenvalue weighted by Gasteiger charge is 2.29. The number of hydrogen-bond donors (Lipinski definition) is 1. The second kappa shape index (κ2) is 5.49. The number of hydrogen-bond acceptors (Lipinski definition) is 3. The molecule has 1 aliphatic carbocycles. The monoisotopic (exact) mass is 284 g/mol. The number of rotatable bonds is 4. The zero-order chi connectivity index (χ0) is 12.5. The minimum Gasteiger partial charge on any atom is -0.310 e. The lowest BCUT2D eigenvalue weighted by atomic mass is 10.0. The summed E-state index contributed by atoms with van der Waals surface area (Å²) in [7, 11) is 0. The van der Waals surface area contributed by atoms with Crippen molar-refractivity contribution < 1.29 is 0 Å². The molecular formula is C14H21ClN2S. The summed E-state index contributed by atoms with van der Waals surface area (Å²) < 4.78 is 0.904. The van der Waals surface area contributed by atoms with Crippen molar-refractivity contribution in [3.05, 3.63) is 21.3 Å². The van der Waals surface area contributed by atoms with Crippen LogP contribution in [0.25, 0.3) is 0 Å². The van der Waals surface area contributed by atoms with Gasteiger partial charge in [0, 0.05) is 29.5 Å². The van der Waals surface area contributed by atoms with Crippen LogP contribution >= 0.6 is 22.9 Å². The fourth-order valence-electron chi connectivity index (χ4n) is 2.81. The molecule has 0 bridgehead atoms. The molecule has 1 saturated heterocycles. The fourth-order valence-corrected chi connectivity index (χ4v) is 3.96. The first kappa shape index (κ1) is 12.9. The molecule has 2 atom stereocenters. The Morgan fingerprint density at radius 1 is 1.33 bits per heavy atom. The standard InChI is InChI=1S/C14H21ClN2S/c1-10(13-6-7-14(15)18-13)17-8-2-3-12(9-17)16-11-4-5-11/h6-7,10-12,16H,2-5,8-9H2,1H3. The highest BCUT2D eigenvalue weighted by molar-refractivity contribution is 7.16. The van der Waals surface area contributed by atoms with Crippen molar-refractivity contribution in [1.29, 1.82) is 0 Å². The predicted octanol–water partition coefficient (Wildman–Crippen LogP) is 3.68. The second-order valence-electron chi connectivity index (χ2n) is 5.59. The Bertz CT molecular complexity index is 402. The van der Waals surface area contributed by atoms with Crippen molar-refractivity contribution in [3.63, 3.8) is 0 Å². The lowest BCUT2D eigenvalue weighted by molar-refractivity contribution is 0.147. The lowest BCUT2D eigenvalue weighted by Gasteiger charge is -2.37. The Balaban J connectivity index is 1.60. The van der Waals surface area contributed by atoms with E-state index in [2.05, 4.69) is 23.2 Å². The summed E-state index contributed by atoms with van der Waals surface area (Å²) in [6.45, 7) is 4.72. The SMILES string of the molecule is CC(c1ccc(Cl)s1)N1CCCC(NC2CC2)C1. The summed E-state index contributed by atoms with van der Waals surface area (Å²) in [5.74, 6) is 0. The van der Waals surface area contributed by atoms with Gasteiger partial charge in [-0.15, -0.1) is 11.3 Å². The van der Waals surface area contributed by atoms with Gasteiger partial charge >= 0.3 is 0 Å². The maximum Gasteiger partial charge on any atom is 0.0931 e. The average molecular weight is 285 g/mol. The summed E-state index contributed by atoms with van der Waals surface area (Å²) in [4.78, 5) is 4.00. The van der Waals surface area contributed by atoms with Crippen LogP contribution in [0.5, 0.6) is 0 Å². The molecule has 0 aromatic carbocycles. The summed E-state index contributed by atoms with van der Waals surface area (Å²) in [5.41, 5.74) is 0. The van der Waals surface area contributed by atoms with E-state index in [0.29, 0.717) is 12.1 Å². The first-order valence-electron chi connectivity index (χ1n) is 6.97. The Hall–Kier alpha value is -0.0900. The van der Waals surface area contributed by atoms with Gasteiger partial charge in [-0.25, -0.2) is 0 Å². The van der Waals surface area contributed by atoms with Crippen LogP contribution in [0.3, 0.4) is 0 Å². The van der Waals surface area contributed by atoms with Gasteiger partial charge < -0.3 is 5.32 Å². The van der Waals surface area contributed by atoms with Crippen LogP contribution in [0.1, 0.15) is 43.5 Å². The minimum atomic E-state index is 0.506. The molecule has 4 heteroatoms. The number of nitrogens with zero attached hydrogens (tertiary/aromatic N) is 1. The predicted molar refractivity (Wildman–Crippen MR) is 78.5 cm³/mol. The molecule has 1 aliphatic heterocycles. The molecule has 1 saturated carbocycles. The Morgan fingerprint density at radius 3 is 2.83 bits per heavy atom. The highest BCUT2D eigenvalue weighted by Crippen LogP contribution is 2.32. The molecule has 0 spiro atoms. The molecule has 2 nitrogen and oxygen atoms in total. The lowest BCUT2D eigenvalue weighted by Crippen LogP contribution is -2.47. The molecule has 0 radical (unpaired) electrons. The summed E-state index contributed by atoms with van der Waals surface area (Å²) in [5, 5.41) is 3.77. The van der Waals surface area contributed by atoms with Gasteiger partial charge in [-0.1, -0.05) is 11.6 Å². The second-order valence-corrected chi connectivity index (χ2v) is 7.34. The molecule has 2 fully saturated rings. The van der Waals surface area contributed by atoms with Gasteiger partial charge in [-0.3, -0.25) is 4.90 Å². The third kappa shape index (κ3) is 3.08. The first-order valence-corrected chi connectivity index (χ1v) is 8.17. The molecule has 2 heterocycles. The molecule has 1 aromatic rings. The van der Waals surface area contributed by atoms with Crippen molar-refractivity contribution in [2.24, 2.45) is 0 Å². The van der Waals surface area contributed by atoms with E-state index in [9.17, 15) is 0 Å². The van der Waals surface area contributed by atoms with E-state index < -0.39 is 0 Å². The summed E-state index contributed by atoms with van der Waals surface area (Å²) in [6.07, 6.45) is 5.41. The smallest absolute Gasteiger partial charge is 0.0931 e. The zero-order valence-corrected chi connectivity index (χ0v) is 12.4. The maximum absolute atomic E-state index is 6.04. The van der Waals surface area contributed by atoms with Gasteiger partial charge in [-0.2, -0.15) is 0 Å². The molecule has 2 aliphatic rings. The summed E-state index contributed by atoms with van der Waals surface area (Å²) in [6, 6.07) is 6.22. The Morgan fingerprint density at radius 2 is 2.17 bits per heavy atom. The molecule has 3 rings (SSSR count). The molecule has 1 N–H and O–H groups in total. The van der Waals surface area contributed by atoms with Crippen LogP contribution in [-0.4, -0.2) is 30.1 Å². The normalized spacial score (nSPS) is 27.3. The molecule has 2 unspecified atom stereocenters. The van der Waals surface area contributed by atoms with Gasteiger partial charge in [0.2, 0.25) is 0 Å². The van der Waals surface area contributed by atoms with Gasteiger partial charge in [-0.05, 0) is 51.3 Å². The van der Waals surface area contributed by atoms with Crippen molar-refractivity contribution >= 4 is 22.9 Å². The average Bonchev–Trinajstić information content (AvgIpc) is 3.08. The molecule has 0 amide bonds. The van der Waals surface area contributed by atoms with Gasteiger partial charge in [0.15, 0.2) is 0 Å². The third-order valence-corrected chi connectivity index (χ3v) is 5.46. The largest absolute Gasteiger partial charge is 0.310 e. The Labute approximate surface area is 118 Å². The molecule has 18 heavy (non-hydrogen) atoms. The van der Waals surface area contributed by atoms with E-state index in [1.807, 2.05) is 6.07 Å². The summed E-state index contributed by atoms with van der Waals surface area (Å²) >= 11 is 7.76. The fraction of sp³-hybridized carbons (Fsp3) is 0.714. The number of likely N-dealkylation sites (tertiary alicyclic amines) is 1. The van der Waals surface area contributed by atoms with Crippen LogP contribution < -0.4 is 5.32 Å². The van der Waals surface area contributed by atoms with Crippen LogP contribution in [0, 0.1) is 0 Å². The zero-order valence-electron chi connectivity index (χ0n) is 10.9. The number of piperidine rings is 1. The molecular weight excluding hydrogens is 264 g/mol. The number of thiophene rings is 1.